The summed E-state index contributed by atoms with van der Waals surface area (Å²) in [7, 11) is 6.50. The van der Waals surface area contributed by atoms with Gasteiger partial charge < -0.3 is 24.4 Å². The third-order valence-electron chi connectivity index (χ3n) is 3.83. The number of anilines is 1. The van der Waals surface area contributed by atoms with Crippen LogP contribution in [0.4, 0.5) is 10.5 Å². The highest BCUT2D eigenvalue weighted by atomic mass is 16.5. The van der Waals surface area contributed by atoms with E-state index >= 15 is 0 Å². The van der Waals surface area contributed by atoms with Crippen LogP contribution in [-0.4, -0.2) is 45.9 Å². The molecule has 0 heterocycles. The number of hydrogen-bond donors (Lipinski definition) is 1. The second kappa shape index (κ2) is 8.82. The van der Waals surface area contributed by atoms with Crippen molar-refractivity contribution < 1.29 is 19.0 Å². The number of rotatable bonds is 7. The van der Waals surface area contributed by atoms with Crippen LogP contribution in [0.1, 0.15) is 5.56 Å². The van der Waals surface area contributed by atoms with E-state index in [1.54, 1.807) is 33.3 Å². The van der Waals surface area contributed by atoms with Gasteiger partial charge in [-0.3, -0.25) is 0 Å². The van der Waals surface area contributed by atoms with Crippen molar-refractivity contribution in [3.05, 3.63) is 48.0 Å². The Morgan fingerprint density at radius 3 is 2.12 bits per heavy atom. The third-order valence-corrected chi connectivity index (χ3v) is 3.83. The number of urea groups is 1. The van der Waals surface area contributed by atoms with Crippen LogP contribution in [0.3, 0.4) is 0 Å². The number of methoxy groups -OCH3 is 3. The van der Waals surface area contributed by atoms with Crippen molar-refractivity contribution >= 4 is 11.7 Å². The normalized spacial score (nSPS) is 10.1. The maximum absolute atomic E-state index is 12.2. The predicted octanol–water partition coefficient (Wildman–Crippen LogP) is 3.42. The van der Waals surface area contributed by atoms with Crippen LogP contribution in [0.5, 0.6) is 17.2 Å². The van der Waals surface area contributed by atoms with Gasteiger partial charge in [0.15, 0.2) is 11.5 Å². The number of nitrogens with one attached hydrogen (secondary N) is 1. The van der Waals surface area contributed by atoms with Gasteiger partial charge in [0.05, 0.1) is 21.3 Å². The Balaban J connectivity index is 2.01. The van der Waals surface area contributed by atoms with E-state index in [2.05, 4.69) is 5.32 Å². The van der Waals surface area contributed by atoms with Crippen LogP contribution in [0, 0.1) is 0 Å². The zero-order valence-corrected chi connectivity index (χ0v) is 15.0. The second-order valence-electron chi connectivity index (χ2n) is 5.50. The lowest BCUT2D eigenvalue weighted by Crippen LogP contribution is -2.32. The molecule has 2 rings (SSSR count). The second-order valence-corrected chi connectivity index (χ2v) is 5.50. The van der Waals surface area contributed by atoms with Gasteiger partial charge in [-0.25, -0.2) is 4.79 Å². The van der Waals surface area contributed by atoms with Crippen molar-refractivity contribution in [2.45, 2.75) is 6.42 Å². The van der Waals surface area contributed by atoms with E-state index in [1.807, 2.05) is 42.5 Å². The Labute approximate surface area is 148 Å². The van der Waals surface area contributed by atoms with Crippen LogP contribution in [0.2, 0.25) is 0 Å². The summed E-state index contributed by atoms with van der Waals surface area (Å²) in [4.78, 5) is 13.9. The number of carbonyl (C=O) groups is 1. The van der Waals surface area contributed by atoms with Crippen LogP contribution in [0.25, 0.3) is 0 Å². The maximum atomic E-state index is 12.2. The topological polar surface area (TPSA) is 60.0 Å². The van der Waals surface area contributed by atoms with E-state index in [9.17, 15) is 4.79 Å². The van der Waals surface area contributed by atoms with Gasteiger partial charge in [-0.05, 0) is 36.2 Å². The molecule has 0 aliphatic rings. The van der Waals surface area contributed by atoms with E-state index in [0.29, 0.717) is 30.2 Å². The van der Waals surface area contributed by atoms with Crippen molar-refractivity contribution in [2.24, 2.45) is 0 Å². The molecule has 0 spiro atoms. The summed E-state index contributed by atoms with van der Waals surface area (Å²) in [5.74, 6) is 1.77. The minimum atomic E-state index is -0.154. The monoisotopic (exact) mass is 344 g/mol. The molecule has 0 aliphatic heterocycles. The molecule has 0 aromatic heterocycles. The summed E-state index contributed by atoms with van der Waals surface area (Å²) in [6.45, 7) is 0.553. The fourth-order valence-corrected chi connectivity index (χ4v) is 2.42. The van der Waals surface area contributed by atoms with Gasteiger partial charge in [-0.15, -0.1) is 0 Å². The standard InChI is InChI=1S/C19H24N2O4/c1-21(19(22)20-15-8-6-5-7-9-15)11-10-14-12-16(23-2)18(25-4)17(13-14)24-3/h5-9,12-13H,10-11H2,1-4H3,(H,20,22). The van der Waals surface area contributed by atoms with E-state index in [0.717, 1.165) is 11.3 Å². The lowest BCUT2D eigenvalue weighted by atomic mass is 10.1. The van der Waals surface area contributed by atoms with Gasteiger partial charge >= 0.3 is 6.03 Å². The fourth-order valence-electron chi connectivity index (χ4n) is 2.42. The molecule has 6 heteroatoms. The highest BCUT2D eigenvalue weighted by Crippen LogP contribution is 2.38. The lowest BCUT2D eigenvalue weighted by Gasteiger charge is -2.19. The molecule has 134 valence electrons. The maximum Gasteiger partial charge on any atom is 0.321 e. The Morgan fingerprint density at radius 2 is 1.60 bits per heavy atom. The van der Waals surface area contributed by atoms with E-state index in [1.165, 1.54) is 0 Å². The molecular formula is C19H24N2O4. The number of amides is 2. The summed E-state index contributed by atoms with van der Waals surface area (Å²) < 4.78 is 16.0. The molecule has 2 amide bonds. The fraction of sp³-hybridized carbons (Fsp3) is 0.316. The molecule has 2 aromatic carbocycles. The number of carbonyl (C=O) groups excluding carboxylic acids is 1. The molecule has 0 atom stereocenters. The van der Waals surface area contributed by atoms with Gasteiger partial charge in [0, 0.05) is 19.3 Å². The summed E-state index contributed by atoms with van der Waals surface area (Å²) in [6, 6.07) is 13.0. The molecule has 0 radical (unpaired) electrons. The Bertz CT molecular complexity index is 679. The Hall–Kier alpha value is -2.89. The average molecular weight is 344 g/mol. The predicted molar refractivity (Wildman–Crippen MR) is 97.9 cm³/mol. The first-order valence-electron chi connectivity index (χ1n) is 7.95. The number of ether oxygens (including phenoxy) is 3. The third kappa shape index (κ3) is 4.79. The molecule has 0 bridgehead atoms. The zero-order chi connectivity index (χ0) is 18.2. The number of para-hydroxylation sites is 1. The molecule has 25 heavy (non-hydrogen) atoms. The lowest BCUT2D eigenvalue weighted by molar-refractivity contribution is 0.223. The van der Waals surface area contributed by atoms with Crippen molar-refractivity contribution in [3.63, 3.8) is 0 Å². The Morgan fingerprint density at radius 1 is 1.00 bits per heavy atom. The highest BCUT2D eigenvalue weighted by molar-refractivity contribution is 5.89. The average Bonchev–Trinajstić information content (AvgIpc) is 2.65. The van der Waals surface area contributed by atoms with Gasteiger partial charge in [0.2, 0.25) is 5.75 Å². The van der Waals surface area contributed by atoms with E-state index < -0.39 is 0 Å². The molecular weight excluding hydrogens is 320 g/mol. The van der Waals surface area contributed by atoms with Gasteiger partial charge in [-0.1, -0.05) is 18.2 Å². The first-order valence-corrected chi connectivity index (χ1v) is 7.95. The van der Waals surface area contributed by atoms with Crippen molar-refractivity contribution in [1.82, 2.24) is 4.90 Å². The van der Waals surface area contributed by atoms with Gasteiger partial charge in [-0.2, -0.15) is 0 Å². The van der Waals surface area contributed by atoms with Crippen LogP contribution in [-0.2, 0) is 6.42 Å². The molecule has 1 N–H and O–H groups in total. The van der Waals surface area contributed by atoms with Crippen LogP contribution in [0.15, 0.2) is 42.5 Å². The van der Waals surface area contributed by atoms with Crippen LogP contribution >= 0.6 is 0 Å². The summed E-state index contributed by atoms with van der Waals surface area (Å²) in [5, 5.41) is 2.86. The van der Waals surface area contributed by atoms with Crippen molar-refractivity contribution in [1.29, 1.82) is 0 Å². The zero-order valence-electron chi connectivity index (χ0n) is 15.0. The van der Waals surface area contributed by atoms with E-state index in [4.69, 9.17) is 14.2 Å². The first kappa shape index (κ1) is 18.4. The highest BCUT2D eigenvalue weighted by Gasteiger charge is 2.14. The van der Waals surface area contributed by atoms with E-state index in [-0.39, 0.29) is 6.03 Å². The molecule has 2 aromatic rings. The molecule has 0 saturated heterocycles. The minimum Gasteiger partial charge on any atom is -0.493 e. The quantitative estimate of drug-likeness (QED) is 0.836. The molecule has 6 nitrogen and oxygen atoms in total. The summed E-state index contributed by atoms with van der Waals surface area (Å²) >= 11 is 0. The molecule has 0 unspecified atom stereocenters. The first-order chi connectivity index (χ1) is 12.1. The van der Waals surface area contributed by atoms with Gasteiger partial charge in [0.25, 0.3) is 0 Å². The summed E-state index contributed by atoms with van der Waals surface area (Å²) in [5.41, 5.74) is 1.76. The van der Waals surface area contributed by atoms with Crippen molar-refractivity contribution in [3.8, 4) is 17.2 Å². The SMILES string of the molecule is COc1cc(CCN(C)C(=O)Nc2ccccc2)cc(OC)c1OC. The number of likely N-dealkylation sites (N-methyl/N-ethyl adjacent to an activating group) is 1. The smallest absolute Gasteiger partial charge is 0.321 e. The number of nitrogens with zero attached hydrogens (tertiary/aromatic N) is 1. The van der Waals surface area contributed by atoms with Gasteiger partial charge in [0.1, 0.15) is 0 Å². The number of hydrogen-bond acceptors (Lipinski definition) is 4. The Kier molecular flexibility index (Phi) is 6.51. The van der Waals surface area contributed by atoms with Crippen molar-refractivity contribution in [2.75, 3.05) is 40.2 Å². The largest absolute Gasteiger partial charge is 0.493 e. The molecule has 0 saturated carbocycles. The minimum absolute atomic E-state index is 0.154. The summed E-state index contributed by atoms with van der Waals surface area (Å²) in [6.07, 6.45) is 0.662. The number of benzene rings is 2. The molecule has 0 aliphatic carbocycles. The molecule has 0 fully saturated rings. The van der Waals surface area contributed by atoms with Crippen LogP contribution < -0.4 is 19.5 Å².